The first-order chi connectivity index (χ1) is 13.1. The molecular weight excluding hydrogens is 338 g/mol. The Labute approximate surface area is 159 Å². The molecule has 1 saturated carbocycles. The van der Waals surface area contributed by atoms with E-state index in [9.17, 15) is 9.59 Å². The molecule has 0 atom stereocenters. The quantitative estimate of drug-likeness (QED) is 0.647. The normalized spacial score (nSPS) is 19.7. The monoisotopic (exact) mass is 363 g/mol. The van der Waals surface area contributed by atoms with E-state index in [1.807, 2.05) is 37.3 Å². The van der Waals surface area contributed by atoms with Crippen molar-refractivity contribution >= 4 is 18.0 Å². The average molecular weight is 363 g/mol. The molecule has 2 aromatic rings. The van der Waals surface area contributed by atoms with Gasteiger partial charge in [0.05, 0.1) is 6.54 Å². The lowest BCUT2D eigenvalue weighted by molar-refractivity contribution is -0.123. The zero-order valence-electron chi connectivity index (χ0n) is 15.6. The molecule has 0 radical (unpaired) electrons. The van der Waals surface area contributed by atoms with Crippen LogP contribution in [0.15, 0.2) is 48.4 Å². The molecule has 3 amide bonds. The summed E-state index contributed by atoms with van der Waals surface area (Å²) in [5.41, 5.74) is 3.38. The summed E-state index contributed by atoms with van der Waals surface area (Å²) in [5.74, 6) is -0.272. The highest BCUT2D eigenvalue weighted by Gasteiger charge is 2.33. The number of aromatic nitrogens is 1. The minimum atomic E-state index is -0.362. The summed E-state index contributed by atoms with van der Waals surface area (Å²) in [6, 6.07) is 10.1. The van der Waals surface area contributed by atoms with Gasteiger partial charge in [0.2, 0.25) is 0 Å². The van der Waals surface area contributed by atoms with Crippen LogP contribution in [0.1, 0.15) is 54.8 Å². The second-order valence-corrected chi connectivity index (χ2v) is 7.55. The molecule has 2 heterocycles. The summed E-state index contributed by atoms with van der Waals surface area (Å²) in [5, 5.41) is 2.71. The number of carbonyl (C=O) groups is 2. The first kappa shape index (κ1) is 17.6. The van der Waals surface area contributed by atoms with Crippen molar-refractivity contribution in [2.24, 2.45) is 0 Å². The van der Waals surface area contributed by atoms with E-state index in [0.717, 1.165) is 16.7 Å². The Morgan fingerprint density at radius 1 is 1.07 bits per heavy atom. The van der Waals surface area contributed by atoms with Gasteiger partial charge in [0, 0.05) is 18.4 Å². The van der Waals surface area contributed by atoms with E-state index in [2.05, 4.69) is 22.3 Å². The van der Waals surface area contributed by atoms with Gasteiger partial charge in [-0.05, 0) is 43.0 Å². The Bertz CT molecular complexity index is 873. The Balaban J connectivity index is 1.47. The molecule has 1 aliphatic carbocycles. The van der Waals surface area contributed by atoms with Gasteiger partial charge in [-0.25, -0.2) is 4.79 Å². The maximum Gasteiger partial charge on any atom is 0.329 e. The van der Waals surface area contributed by atoms with Crippen molar-refractivity contribution in [3.05, 3.63) is 65.1 Å². The molecule has 1 saturated heterocycles. The smallest absolute Gasteiger partial charge is 0.329 e. The van der Waals surface area contributed by atoms with E-state index in [0.29, 0.717) is 11.7 Å². The molecule has 1 aromatic carbocycles. The molecule has 1 aromatic heterocycles. The molecule has 140 valence electrons. The zero-order chi connectivity index (χ0) is 18.8. The Kier molecular flexibility index (Phi) is 4.84. The van der Waals surface area contributed by atoms with Gasteiger partial charge < -0.3 is 9.88 Å². The molecule has 2 fully saturated rings. The number of aryl methyl sites for hydroxylation is 1. The van der Waals surface area contributed by atoms with Crippen molar-refractivity contribution in [1.29, 1.82) is 0 Å². The third-order valence-corrected chi connectivity index (χ3v) is 5.47. The molecule has 0 unspecified atom stereocenters. The predicted octanol–water partition coefficient (Wildman–Crippen LogP) is 4.39. The van der Waals surface area contributed by atoms with Gasteiger partial charge in [0.1, 0.15) is 5.70 Å². The predicted molar refractivity (Wildman–Crippen MR) is 105 cm³/mol. The fourth-order valence-electron chi connectivity index (χ4n) is 3.88. The highest BCUT2D eigenvalue weighted by molar-refractivity contribution is 6.13. The van der Waals surface area contributed by atoms with Crippen LogP contribution in [0.5, 0.6) is 0 Å². The first-order valence-electron chi connectivity index (χ1n) is 9.68. The SMILES string of the molecule is Cc1ccc(CN2C(=O)N/C(=C/c3ccn(C4CCCCC4)c3)C2=O)cc1. The second-order valence-electron chi connectivity index (χ2n) is 7.55. The van der Waals surface area contributed by atoms with Crippen molar-refractivity contribution in [3.63, 3.8) is 0 Å². The molecule has 5 nitrogen and oxygen atoms in total. The van der Waals surface area contributed by atoms with E-state index in [4.69, 9.17) is 0 Å². The molecule has 1 N–H and O–H groups in total. The minimum absolute atomic E-state index is 0.272. The van der Waals surface area contributed by atoms with Gasteiger partial charge >= 0.3 is 6.03 Å². The van der Waals surface area contributed by atoms with Gasteiger partial charge in [0.25, 0.3) is 5.91 Å². The third kappa shape index (κ3) is 3.82. The highest BCUT2D eigenvalue weighted by atomic mass is 16.2. The fourth-order valence-corrected chi connectivity index (χ4v) is 3.88. The van der Waals surface area contributed by atoms with Crippen molar-refractivity contribution in [2.45, 2.75) is 51.6 Å². The van der Waals surface area contributed by atoms with Crippen molar-refractivity contribution in [1.82, 2.24) is 14.8 Å². The standard InChI is InChI=1S/C22H25N3O2/c1-16-7-9-17(10-8-16)15-25-21(26)20(23-22(25)27)13-18-11-12-24(14-18)19-5-3-2-4-6-19/h7-14,19H,2-6,15H2,1H3,(H,23,27)/b20-13+. The average Bonchev–Trinajstić information content (AvgIpc) is 3.25. The number of urea groups is 1. The summed E-state index contributed by atoms with van der Waals surface area (Å²) >= 11 is 0. The van der Waals surface area contributed by atoms with Crippen LogP contribution in [-0.2, 0) is 11.3 Å². The number of hydrogen-bond acceptors (Lipinski definition) is 2. The number of amides is 3. The number of nitrogens with one attached hydrogen (secondary N) is 1. The van der Waals surface area contributed by atoms with Crippen LogP contribution in [0.2, 0.25) is 0 Å². The fraction of sp³-hybridized carbons (Fsp3) is 0.364. The summed E-state index contributed by atoms with van der Waals surface area (Å²) in [6.45, 7) is 2.29. The summed E-state index contributed by atoms with van der Waals surface area (Å²) in [4.78, 5) is 26.2. The third-order valence-electron chi connectivity index (χ3n) is 5.47. The Hall–Kier alpha value is -2.82. The second kappa shape index (κ2) is 7.43. The topological polar surface area (TPSA) is 54.3 Å². The van der Waals surface area contributed by atoms with Gasteiger partial charge in [-0.15, -0.1) is 0 Å². The zero-order valence-corrected chi connectivity index (χ0v) is 15.6. The molecule has 1 aliphatic heterocycles. The van der Waals surface area contributed by atoms with E-state index < -0.39 is 0 Å². The lowest BCUT2D eigenvalue weighted by atomic mass is 9.95. The van der Waals surface area contributed by atoms with Crippen molar-refractivity contribution < 1.29 is 9.59 Å². The van der Waals surface area contributed by atoms with Crippen LogP contribution in [0.25, 0.3) is 6.08 Å². The Morgan fingerprint density at radius 3 is 2.56 bits per heavy atom. The molecule has 2 aliphatic rings. The van der Waals surface area contributed by atoms with Crippen LogP contribution < -0.4 is 5.32 Å². The molecule has 4 rings (SSSR count). The van der Waals surface area contributed by atoms with Crippen molar-refractivity contribution in [2.75, 3.05) is 0 Å². The van der Waals surface area contributed by atoms with Crippen LogP contribution in [-0.4, -0.2) is 21.4 Å². The Morgan fingerprint density at radius 2 is 1.81 bits per heavy atom. The van der Waals surface area contributed by atoms with Gasteiger partial charge in [-0.3, -0.25) is 9.69 Å². The lowest BCUT2D eigenvalue weighted by Crippen LogP contribution is -2.30. The maximum absolute atomic E-state index is 12.7. The van der Waals surface area contributed by atoms with Gasteiger partial charge in [0.15, 0.2) is 0 Å². The number of nitrogens with zero attached hydrogens (tertiary/aromatic N) is 2. The molecule has 27 heavy (non-hydrogen) atoms. The van der Waals surface area contributed by atoms with Gasteiger partial charge in [-0.2, -0.15) is 0 Å². The van der Waals surface area contributed by atoms with Crippen LogP contribution in [0, 0.1) is 6.92 Å². The highest BCUT2D eigenvalue weighted by Crippen LogP contribution is 2.29. The summed E-state index contributed by atoms with van der Waals surface area (Å²) in [7, 11) is 0. The number of imide groups is 1. The van der Waals surface area contributed by atoms with Crippen LogP contribution in [0.4, 0.5) is 4.79 Å². The number of benzene rings is 1. The molecule has 0 spiro atoms. The summed E-state index contributed by atoms with van der Waals surface area (Å²) in [6.07, 6.45) is 12.2. The van der Waals surface area contributed by atoms with E-state index in [-0.39, 0.29) is 18.5 Å². The van der Waals surface area contributed by atoms with E-state index >= 15 is 0 Å². The lowest BCUT2D eigenvalue weighted by Gasteiger charge is -2.23. The number of carbonyl (C=O) groups excluding carboxylic acids is 2. The number of hydrogen-bond donors (Lipinski definition) is 1. The van der Waals surface area contributed by atoms with Gasteiger partial charge in [-0.1, -0.05) is 49.1 Å². The van der Waals surface area contributed by atoms with E-state index in [1.54, 1.807) is 6.08 Å². The molecule has 0 bridgehead atoms. The first-order valence-corrected chi connectivity index (χ1v) is 9.68. The minimum Gasteiger partial charge on any atom is -0.351 e. The molecular formula is C22H25N3O2. The largest absolute Gasteiger partial charge is 0.351 e. The molecule has 5 heteroatoms. The van der Waals surface area contributed by atoms with Crippen LogP contribution in [0.3, 0.4) is 0 Å². The summed E-state index contributed by atoms with van der Waals surface area (Å²) < 4.78 is 2.25. The van der Waals surface area contributed by atoms with Crippen molar-refractivity contribution in [3.8, 4) is 0 Å². The maximum atomic E-state index is 12.7. The van der Waals surface area contributed by atoms with Crippen LogP contribution >= 0.6 is 0 Å². The number of rotatable bonds is 4. The van der Waals surface area contributed by atoms with E-state index in [1.165, 1.54) is 37.0 Å².